The minimum Gasteiger partial charge on any atom is -0.504 e. The van der Waals surface area contributed by atoms with E-state index in [2.05, 4.69) is 0 Å². The number of phenolic OH excluding ortho intramolecular Hbond substituents is 1. The second-order valence-electron chi connectivity index (χ2n) is 2.75. The smallest absolute Gasteiger partial charge is 0.164 e. The Kier molecular flexibility index (Phi) is 3.77. The van der Waals surface area contributed by atoms with Crippen LogP contribution in [-0.4, -0.2) is 23.9 Å². The number of aromatic hydroxyl groups is 1. The summed E-state index contributed by atoms with van der Waals surface area (Å²) in [6.07, 6.45) is 0.287. The lowest BCUT2D eigenvalue weighted by atomic mass is 10.1. The first-order chi connectivity index (χ1) is 6.69. The van der Waals surface area contributed by atoms with Crippen LogP contribution in [0.5, 0.6) is 11.5 Å². The zero-order chi connectivity index (χ0) is 10.6. The van der Waals surface area contributed by atoms with Crippen molar-refractivity contribution in [3.05, 3.63) is 23.8 Å². The van der Waals surface area contributed by atoms with E-state index < -0.39 is 0 Å². The van der Waals surface area contributed by atoms with Crippen molar-refractivity contribution in [1.82, 2.24) is 0 Å². The lowest BCUT2D eigenvalue weighted by molar-refractivity contribution is 0.0989. The van der Waals surface area contributed by atoms with Crippen molar-refractivity contribution < 1.29 is 14.6 Å². The summed E-state index contributed by atoms with van der Waals surface area (Å²) in [7, 11) is 1.44. The summed E-state index contributed by atoms with van der Waals surface area (Å²) in [6.45, 7) is 0. The maximum absolute atomic E-state index is 11.4. The minimum atomic E-state index is -0.0571. The van der Waals surface area contributed by atoms with E-state index >= 15 is 0 Å². The summed E-state index contributed by atoms with van der Waals surface area (Å²) in [6, 6.07) is 4.48. The van der Waals surface area contributed by atoms with Gasteiger partial charge in [0, 0.05) is 17.9 Å². The molecule has 0 aromatic heterocycles. The quantitative estimate of drug-likeness (QED) is 0.618. The Bertz CT molecular complexity index is 336. The maximum Gasteiger partial charge on any atom is 0.164 e. The van der Waals surface area contributed by atoms with Crippen LogP contribution in [0.1, 0.15) is 16.8 Å². The van der Waals surface area contributed by atoms with Crippen molar-refractivity contribution in [2.24, 2.45) is 0 Å². The summed E-state index contributed by atoms with van der Waals surface area (Å²) in [5.74, 6) is 0.556. The highest BCUT2D eigenvalue weighted by Crippen LogP contribution is 2.26. The van der Waals surface area contributed by atoms with Gasteiger partial charge in [-0.1, -0.05) is 0 Å². The Morgan fingerprint density at radius 3 is 2.86 bits per heavy atom. The monoisotopic (exact) mass is 214 g/mol. The SMILES string of the molecule is COc1cc(C(=O)CCCl)ccc1O. The van der Waals surface area contributed by atoms with Gasteiger partial charge in [0.25, 0.3) is 0 Å². The molecule has 0 atom stereocenters. The molecule has 0 bridgehead atoms. The Balaban J connectivity index is 2.94. The fourth-order valence-electron chi connectivity index (χ4n) is 1.08. The average molecular weight is 215 g/mol. The van der Waals surface area contributed by atoms with Gasteiger partial charge in [0.05, 0.1) is 7.11 Å². The van der Waals surface area contributed by atoms with Gasteiger partial charge >= 0.3 is 0 Å². The first-order valence-corrected chi connectivity index (χ1v) is 4.68. The molecule has 1 aromatic carbocycles. The van der Waals surface area contributed by atoms with Crippen LogP contribution in [0.25, 0.3) is 0 Å². The molecule has 14 heavy (non-hydrogen) atoms. The number of hydrogen-bond donors (Lipinski definition) is 1. The zero-order valence-corrected chi connectivity index (χ0v) is 8.54. The molecular formula is C10H11ClO3. The number of benzene rings is 1. The number of ether oxygens (including phenoxy) is 1. The van der Waals surface area contributed by atoms with Crippen LogP contribution in [0.2, 0.25) is 0 Å². The Labute approximate surface area is 87.3 Å². The van der Waals surface area contributed by atoms with Crippen LogP contribution in [0.4, 0.5) is 0 Å². The van der Waals surface area contributed by atoms with Gasteiger partial charge in [-0.3, -0.25) is 4.79 Å². The number of carbonyl (C=O) groups is 1. The van der Waals surface area contributed by atoms with Crippen LogP contribution in [0, 0.1) is 0 Å². The molecule has 76 valence electrons. The zero-order valence-electron chi connectivity index (χ0n) is 7.79. The van der Waals surface area contributed by atoms with Crippen LogP contribution in [-0.2, 0) is 0 Å². The molecule has 1 rings (SSSR count). The molecule has 4 heteroatoms. The number of ketones is 1. The number of alkyl halides is 1. The molecule has 0 saturated carbocycles. The van der Waals surface area contributed by atoms with E-state index in [1.165, 1.54) is 19.2 Å². The summed E-state index contributed by atoms with van der Waals surface area (Å²) in [5, 5.41) is 9.28. The van der Waals surface area contributed by atoms with E-state index in [1.807, 2.05) is 0 Å². The lowest BCUT2D eigenvalue weighted by Crippen LogP contribution is -1.99. The highest BCUT2D eigenvalue weighted by molar-refractivity contribution is 6.19. The number of hydrogen-bond acceptors (Lipinski definition) is 3. The molecule has 0 fully saturated rings. The summed E-state index contributed by atoms with van der Waals surface area (Å²) in [4.78, 5) is 11.4. The summed E-state index contributed by atoms with van der Waals surface area (Å²) < 4.78 is 4.88. The van der Waals surface area contributed by atoms with Gasteiger partial charge in [-0.25, -0.2) is 0 Å². The van der Waals surface area contributed by atoms with Gasteiger partial charge in [0.2, 0.25) is 0 Å². The molecule has 0 aliphatic carbocycles. The number of rotatable bonds is 4. The first kappa shape index (κ1) is 10.9. The summed E-state index contributed by atoms with van der Waals surface area (Å²) in [5.41, 5.74) is 0.500. The van der Waals surface area contributed by atoms with Crippen LogP contribution in [0.15, 0.2) is 18.2 Å². The molecule has 0 heterocycles. The van der Waals surface area contributed by atoms with E-state index in [9.17, 15) is 9.90 Å². The highest BCUT2D eigenvalue weighted by atomic mass is 35.5. The molecule has 0 unspecified atom stereocenters. The van der Waals surface area contributed by atoms with E-state index in [0.29, 0.717) is 17.2 Å². The molecule has 0 spiro atoms. The highest BCUT2D eigenvalue weighted by Gasteiger charge is 2.08. The molecule has 1 aromatic rings. The predicted molar refractivity (Wildman–Crippen MR) is 54.3 cm³/mol. The molecular weight excluding hydrogens is 204 g/mol. The van der Waals surface area contributed by atoms with E-state index in [1.54, 1.807) is 6.07 Å². The topological polar surface area (TPSA) is 46.5 Å². The van der Waals surface area contributed by atoms with Gasteiger partial charge in [0.1, 0.15) is 0 Å². The number of phenols is 1. The second-order valence-corrected chi connectivity index (χ2v) is 3.13. The molecule has 3 nitrogen and oxygen atoms in total. The van der Waals surface area contributed by atoms with Crippen molar-refractivity contribution >= 4 is 17.4 Å². The standard InChI is InChI=1S/C10H11ClO3/c1-14-10-6-7(2-3-9(10)13)8(12)4-5-11/h2-3,6,13H,4-5H2,1H3. The molecule has 1 N–H and O–H groups in total. The molecule has 0 saturated heterocycles. The molecule has 0 aliphatic rings. The van der Waals surface area contributed by atoms with E-state index in [4.69, 9.17) is 16.3 Å². The van der Waals surface area contributed by atoms with Gasteiger partial charge < -0.3 is 9.84 Å². The molecule has 0 radical (unpaired) electrons. The predicted octanol–water partition coefficient (Wildman–Crippen LogP) is 2.21. The van der Waals surface area contributed by atoms with Gasteiger partial charge in [-0.05, 0) is 18.2 Å². The number of methoxy groups -OCH3 is 1. The van der Waals surface area contributed by atoms with Crippen molar-refractivity contribution in [3.63, 3.8) is 0 Å². The first-order valence-electron chi connectivity index (χ1n) is 4.15. The van der Waals surface area contributed by atoms with Gasteiger partial charge in [-0.2, -0.15) is 0 Å². The fraction of sp³-hybridized carbons (Fsp3) is 0.300. The molecule has 0 amide bonds. The van der Waals surface area contributed by atoms with Crippen molar-refractivity contribution in [2.45, 2.75) is 6.42 Å². The number of carbonyl (C=O) groups excluding carboxylic acids is 1. The normalized spacial score (nSPS) is 9.86. The largest absolute Gasteiger partial charge is 0.504 e. The third-order valence-corrected chi connectivity index (χ3v) is 2.01. The minimum absolute atomic E-state index is 0.0231. The molecule has 0 aliphatic heterocycles. The van der Waals surface area contributed by atoms with Crippen molar-refractivity contribution in [2.75, 3.05) is 13.0 Å². The van der Waals surface area contributed by atoms with Crippen LogP contribution >= 0.6 is 11.6 Å². The second kappa shape index (κ2) is 4.86. The number of halogens is 1. The van der Waals surface area contributed by atoms with Crippen molar-refractivity contribution in [1.29, 1.82) is 0 Å². The van der Waals surface area contributed by atoms with Crippen molar-refractivity contribution in [3.8, 4) is 11.5 Å². The Morgan fingerprint density at radius 1 is 1.57 bits per heavy atom. The number of Topliss-reactive ketones (excluding diaryl/α,β-unsaturated/α-hetero) is 1. The van der Waals surface area contributed by atoms with E-state index in [0.717, 1.165) is 0 Å². The van der Waals surface area contributed by atoms with Gasteiger partial charge in [0.15, 0.2) is 17.3 Å². The average Bonchev–Trinajstić information content (AvgIpc) is 2.19. The lowest BCUT2D eigenvalue weighted by Gasteiger charge is -2.05. The third kappa shape index (κ3) is 2.39. The third-order valence-electron chi connectivity index (χ3n) is 1.82. The Hall–Kier alpha value is -1.22. The van der Waals surface area contributed by atoms with E-state index in [-0.39, 0.29) is 18.0 Å². The van der Waals surface area contributed by atoms with Crippen LogP contribution in [0.3, 0.4) is 0 Å². The fourth-order valence-corrected chi connectivity index (χ4v) is 1.25. The maximum atomic E-state index is 11.4. The van der Waals surface area contributed by atoms with Crippen LogP contribution < -0.4 is 4.74 Å². The van der Waals surface area contributed by atoms with Gasteiger partial charge in [-0.15, -0.1) is 11.6 Å². The summed E-state index contributed by atoms with van der Waals surface area (Å²) >= 11 is 5.45. The Morgan fingerprint density at radius 2 is 2.29 bits per heavy atom.